The topological polar surface area (TPSA) is 57.2 Å². The third kappa shape index (κ3) is 4.85. The van der Waals surface area contributed by atoms with E-state index in [0.717, 1.165) is 8.26 Å². The van der Waals surface area contributed by atoms with E-state index in [0.29, 0.717) is 4.88 Å². The molecule has 3 heterocycles. The number of halogens is 2. The van der Waals surface area contributed by atoms with Gasteiger partial charge in [-0.2, -0.15) is 0 Å². The van der Waals surface area contributed by atoms with Gasteiger partial charge < -0.3 is 23.7 Å². The van der Waals surface area contributed by atoms with Crippen LogP contribution < -0.4 is 10.4 Å². The highest BCUT2D eigenvalue weighted by Crippen LogP contribution is 2.52. The number of fused-ring (bicyclic) bond motifs is 1. The summed E-state index contributed by atoms with van der Waals surface area (Å²) in [5, 5.41) is 14.1. The van der Waals surface area contributed by atoms with Gasteiger partial charge in [0, 0.05) is 4.47 Å². The zero-order chi connectivity index (χ0) is 26.6. The molecule has 198 valence electrons. The van der Waals surface area contributed by atoms with Crippen LogP contribution in [0.1, 0.15) is 39.5 Å². The Morgan fingerprint density at radius 2 is 1.51 bits per heavy atom. The van der Waals surface area contributed by atoms with Crippen molar-refractivity contribution in [2.45, 2.75) is 69.5 Å². The summed E-state index contributed by atoms with van der Waals surface area (Å²) in [6, 6.07) is 22.9. The summed E-state index contributed by atoms with van der Waals surface area (Å²) < 4.78 is 27.8. The van der Waals surface area contributed by atoms with Crippen molar-refractivity contribution < 1.29 is 23.7 Å². The summed E-state index contributed by atoms with van der Waals surface area (Å²) in [5.74, 6) is -2.53. The van der Waals surface area contributed by atoms with E-state index in [1.165, 1.54) is 21.7 Å². The minimum atomic E-state index is -2.80. The molecule has 9 heteroatoms. The lowest BCUT2D eigenvalue weighted by Gasteiger charge is -2.43. The smallest absolute Gasteiger partial charge is 0.261 e. The van der Waals surface area contributed by atoms with E-state index in [4.69, 9.17) is 18.6 Å². The third-order valence-electron chi connectivity index (χ3n) is 7.08. The van der Waals surface area contributed by atoms with Gasteiger partial charge >= 0.3 is 0 Å². The fourth-order valence-corrected chi connectivity index (χ4v) is 12.9. The molecule has 2 aromatic carbocycles. The zero-order valence-corrected chi connectivity index (χ0v) is 26.5. The standard InChI is InChI=1S/C28H32Br2O5SSi/c1-26(2,3)37(18-12-8-6-9-13-18,19-14-10-7-11-15-19)32-17-21-23-24(35-27(4,5)34-23)28(31,33-21)25-20(29)16-22(30)36-25/h6-16,21,23-24,31H,17H2,1-5H3/t21-,23-,24-,28?/m1/s1. The molecule has 2 fully saturated rings. The van der Waals surface area contributed by atoms with Crippen LogP contribution in [-0.2, 0) is 24.4 Å². The van der Waals surface area contributed by atoms with Crippen molar-refractivity contribution in [1.29, 1.82) is 0 Å². The van der Waals surface area contributed by atoms with Crippen LogP contribution in [0.2, 0.25) is 5.04 Å². The zero-order valence-electron chi connectivity index (χ0n) is 21.5. The molecule has 2 aliphatic heterocycles. The summed E-state index contributed by atoms with van der Waals surface area (Å²) in [7, 11) is -2.80. The van der Waals surface area contributed by atoms with Crippen LogP contribution in [0.4, 0.5) is 0 Å². The van der Waals surface area contributed by atoms with Crippen LogP contribution in [0.5, 0.6) is 0 Å². The molecule has 0 aliphatic carbocycles. The number of rotatable bonds is 6. The second kappa shape index (κ2) is 9.94. The predicted octanol–water partition coefficient (Wildman–Crippen LogP) is 5.91. The molecule has 4 atom stereocenters. The number of hydrogen-bond donors (Lipinski definition) is 1. The first kappa shape index (κ1) is 27.7. The van der Waals surface area contributed by atoms with Gasteiger partial charge in [0.25, 0.3) is 8.32 Å². The van der Waals surface area contributed by atoms with Gasteiger partial charge in [0.15, 0.2) is 5.79 Å². The van der Waals surface area contributed by atoms with Crippen molar-refractivity contribution in [3.63, 3.8) is 0 Å². The van der Waals surface area contributed by atoms with Gasteiger partial charge in [0.1, 0.15) is 18.3 Å². The lowest BCUT2D eigenvalue weighted by molar-refractivity contribution is -0.281. The van der Waals surface area contributed by atoms with Crippen LogP contribution in [0.25, 0.3) is 0 Å². The van der Waals surface area contributed by atoms with Crippen LogP contribution in [-0.4, -0.2) is 44.1 Å². The number of thiophene rings is 1. The molecule has 37 heavy (non-hydrogen) atoms. The number of aliphatic hydroxyl groups is 1. The van der Waals surface area contributed by atoms with E-state index in [9.17, 15) is 5.11 Å². The second-order valence-electron chi connectivity index (χ2n) is 11.1. The molecule has 1 unspecified atom stereocenters. The van der Waals surface area contributed by atoms with Crippen LogP contribution >= 0.6 is 43.2 Å². The molecule has 5 rings (SSSR count). The van der Waals surface area contributed by atoms with Crippen LogP contribution in [0.3, 0.4) is 0 Å². The van der Waals surface area contributed by atoms with Crippen molar-refractivity contribution in [2.24, 2.45) is 0 Å². The SMILES string of the molecule is CC1(C)O[C@H]2[C@@H](O1)C(O)(c1sc(Br)cc1Br)O[C@@H]2CO[Si](c1ccccc1)(c1ccccc1)C(C)(C)C. The van der Waals surface area contributed by atoms with Crippen molar-refractivity contribution in [2.75, 3.05) is 6.61 Å². The summed E-state index contributed by atoms with van der Waals surface area (Å²) in [4.78, 5) is 0.642. The Kier molecular flexibility index (Phi) is 7.44. The molecule has 2 saturated heterocycles. The van der Waals surface area contributed by atoms with E-state index in [1.54, 1.807) is 0 Å². The molecular formula is C28H32Br2O5SSi. The Labute approximate surface area is 240 Å². The Hall–Kier alpha value is -0.883. The van der Waals surface area contributed by atoms with Gasteiger partial charge in [-0.05, 0) is 67.2 Å². The highest BCUT2D eigenvalue weighted by Gasteiger charge is 2.65. The average Bonchev–Trinajstić information content (AvgIpc) is 3.44. The minimum Gasteiger partial charge on any atom is -0.405 e. The Bertz CT molecular complexity index is 1210. The third-order valence-corrected chi connectivity index (χ3v) is 14.7. The number of ether oxygens (including phenoxy) is 3. The molecule has 0 bridgehead atoms. The Balaban J connectivity index is 1.55. The fourth-order valence-electron chi connectivity index (χ4n) is 5.59. The van der Waals surface area contributed by atoms with E-state index in [-0.39, 0.29) is 11.6 Å². The maximum Gasteiger partial charge on any atom is 0.261 e. The molecule has 1 N–H and O–H groups in total. The molecular weight excluding hydrogens is 636 g/mol. The van der Waals surface area contributed by atoms with Crippen molar-refractivity contribution >= 4 is 61.9 Å². The normalized spacial score (nSPS) is 27.4. The van der Waals surface area contributed by atoms with Crippen LogP contribution in [0.15, 0.2) is 75.0 Å². The molecule has 1 aromatic heterocycles. The monoisotopic (exact) mass is 666 g/mol. The fraction of sp³-hybridized carbons (Fsp3) is 0.429. The summed E-state index contributed by atoms with van der Waals surface area (Å²) in [6.07, 6.45) is -1.73. The maximum atomic E-state index is 11.9. The van der Waals surface area contributed by atoms with Gasteiger partial charge in [-0.3, -0.25) is 0 Å². The van der Waals surface area contributed by atoms with Gasteiger partial charge in [-0.15, -0.1) is 11.3 Å². The molecule has 2 aliphatic rings. The Morgan fingerprint density at radius 3 is 2.00 bits per heavy atom. The first-order valence-electron chi connectivity index (χ1n) is 12.3. The highest BCUT2D eigenvalue weighted by atomic mass is 79.9. The van der Waals surface area contributed by atoms with Crippen LogP contribution in [0, 0.1) is 0 Å². The molecule has 0 spiro atoms. The van der Waals surface area contributed by atoms with Gasteiger partial charge in [-0.25, -0.2) is 0 Å². The largest absolute Gasteiger partial charge is 0.405 e. The maximum absolute atomic E-state index is 11.9. The molecule has 0 radical (unpaired) electrons. The van der Waals surface area contributed by atoms with E-state index in [1.807, 2.05) is 32.0 Å². The van der Waals surface area contributed by atoms with Gasteiger partial charge in [0.2, 0.25) is 5.79 Å². The first-order valence-corrected chi connectivity index (χ1v) is 16.6. The van der Waals surface area contributed by atoms with Gasteiger partial charge in [0.05, 0.1) is 15.3 Å². The summed E-state index contributed by atoms with van der Waals surface area (Å²) in [6.45, 7) is 10.7. The van der Waals surface area contributed by atoms with Gasteiger partial charge in [-0.1, -0.05) is 81.4 Å². The lowest BCUT2D eigenvalue weighted by atomic mass is 10.0. The summed E-state index contributed by atoms with van der Waals surface area (Å²) >= 11 is 8.52. The lowest BCUT2D eigenvalue weighted by Crippen LogP contribution is -2.67. The highest BCUT2D eigenvalue weighted by molar-refractivity contribution is 9.11. The quantitative estimate of drug-likeness (QED) is 0.331. The molecule has 5 nitrogen and oxygen atoms in total. The number of hydrogen-bond acceptors (Lipinski definition) is 6. The predicted molar refractivity (Wildman–Crippen MR) is 156 cm³/mol. The Morgan fingerprint density at radius 1 is 0.946 bits per heavy atom. The first-order chi connectivity index (χ1) is 17.4. The van der Waals surface area contributed by atoms with Crippen molar-refractivity contribution in [3.8, 4) is 0 Å². The van der Waals surface area contributed by atoms with E-state index >= 15 is 0 Å². The summed E-state index contributed by atoms with van der Waals surface area (Å²) in [5.41, 5.74) is 0. The van der Waals surface area contributed by atoms with Crippen molar-refractivity contribution in [3.05, 3.63) is 79.9 Å². The molecule has 0 saturated carbocycles. The van der Waals surface area contributed by atoms with E-state index < -0.39 is 38.2 Å². The average molecular weight is 669 g/mol. The number of benzene rings is 2. The van der Waals surface area contributed by atoms with E-state index in [2.05, 4.69) is 101 Å². The van der Waals surface area contributed by atoms with Crippen molar-refractivity contribution in [1.82, 2.24) is 0 Å². The second-order valence-corrected chi connectivity index (χ2v) is 18.7. The minimum absolute atomic E-state index is 0.183. The molecule has 0 amide bonds. The molecule has 3 aromatic rings.